The molecule has 0 saturated carbocycles. The van der Waals surface area contributed by atoms with Crippen LogP contribution in [0, 0.1) is 5.21 Å². The van der Waals surface area contributed by atoms with Gasteiger partial charge in [0.15, 0.2) is 0 Å². The van der Waals surface area contributed by atoms with Gasteiger partial charge in [-0.05, 0) is 11.6 Å². The molecular weight excluding hydrogens is 194 g/mol. The molecule has 54 valence electrons. The Hall–Kier alpha value is -0.540. The summed E-state index contributed by atoms with van der Waals surface area (Å²) >= 11 is 3.27. The Morgan fingerprint density at radius 1 is 1.40 bits per heavy atom. The highest BCUT2D eigenvalue weighted by Gasteiger charge is 1.92. The van der Waals surface area contributed by atoms with E-state index in [1.807, 2.05) is 23.7 Å². The van der Waals surface area contributed by atoms with E-state index in [4.69, 9.17) is 0 Å². The fourth-order valence-corrected chi connectivity index (χ4v) is 1.23. The first kappa shape index (κ1) is 7.57. The van der Waals surface area contributed by atoms with Crippen molar-refractivity contribution in [1.29, 1.82) is 0 Å². The Kier molecular flexibility index (Phi) is 2.71. The van der Waals surface area contributed by atoms with E-state index in [0.717, 1.165) is 5.56 Å². The first-order chi connectivity index (χ1) is 4.88. The van der Waals surface area contributed by atoms with Crippen molar-refractivity contribution in [3.63, 3.8) is 0 Å². The van der Waals surface area contributed by atoms with Gasteiger partial charge >= 0.3 is 0 Å². The summed E-state index contributed by atoms with van der Waals surface area (Å²) < 4.78 is 0. The monoisotopic (exact) mass is 200 g/mol. The van der Waals surface area contributed by atoms with Crippen LogP contribution in [0.2, 0.25) is 0 Å². The van der Waals surface area contributed by atoms with Gasteiger partial charge in [-0.3, -0.25) is 0 Å². The molecule has 0 bridgehead atoms. The summed E-state index contributed by atoms with van der Waals surface area (Å²) in [5.74, 6) is 0. The third kappa shape index (κ3) is 1.49. The SMILES string of the molecule is [O-]Nc1ccccc1CBr. The molecule has 1 rings (SSSR count). The minimum absolute atomic E-state index is 0.638. The fourth-order valence-electron chi connectivity index (χ4n) is 0.736. The molecular formula is C7H7BrNO-. The molecule has 0 radical (unpaired) electrons. The molecule has 10 heavy (non-hydrogen) atoms. The Balaban J connectivity index is 2.96. The molecule has 0 saturated heterocycles. The topological polar surface area (TPSA) is 35.1 Å². The summed E-state index contributed by atoms with van der Waals surface area (Å²) in [5, 5.41) is 10.9. The van der Waals surface area contributed by atoms with E-state index in [9.17, 15) is 5.21 Å². The highest BCUT2D eigenvalue weighted by atomic mass is 79.9. The van der Waals surface area contributed by atoms with Gasteiger partial charge in [-0.1, -0.05) is 34.1 Å². The maximum absolute atomic E-state index is 10.2. The van der Waals surface area contributed by atoms with Gasteiger partial charge in [0, 0.05) is 11.0 Å². The zero-order valence-corrected chi connectivity index (χ0v) is 6.89. The third-order valence-electron chi connectivity index (χ3n) is 1.27. The smallest absolute Gasteiger partial charge is 0.0303 e. The Labute approximate surface area is 68.0 Å². The molecule has 0 aliphatic carbocycles. The van der Waals surface area contributed by atoms with Crippen LogP contribution in [-0.4, -0.2) is 0 Å². The van der Waals surface area contributed by atoms with Gasteiger partial charge in [-0.25, -0.2) is 0 Å². The van der Waals surface area contributed by atoms with Gasteiger partial charge in [0.05, 0.1) is 0 Å². The van der Waals surface area contributed by atoms with E-state index < -0.39 is 0 Å². The van der Waals surface area contributed by atoms with Crippen LogP contribution >= 0.6 is 15.9 Å². The normalized spacial score (nSPS) is 9.40. The highest BCUT2D eigenvalue weighted by Crippen LogP contribution is 2.16. The Morgan fingerprint density at radius 3 is 2.60 bits per heavy atom. The van der Waals surface area contributed by atoms with Crippen LogP contribution in [0.1, 0.15) is 5.56 Å². The average Bonchev–Trinajstić information content (AvgIpc) is 2.04. The quantitative estimate of drug-likeness (QED) is 0.589. The predicted octanol–water partition coefficient (Wildman–Crippen LogP) is 2.49. The number of para-hydroxylation sites is 1. The van der Waals surface area contributed by atoms with Crippen molar-refractivity contribution in [2.75, 3.05) is 5.48 Å². The lowest BCUT2D eigenvalue weighted by atomic mass is 10.2. The lowest BCUT2D eigenvalue weighted by molar-refractivity contribution is 1.41. The molecule has 0 aliphatic rings. The summed E-state index contributed by atoms with van der Waals surface area (Å²) in [4.78, 5) is 0. The number of hydrogen-bond acceptors (Lipinski definition) is 2. The molecule has 1 N–H and O–H groups in total. The van der Waals surface area contributed by atoms with Crippen molar-refractivity contribution in [1.82, 2.24) is 0 Å². The Morgan fingerprint density at radius 2 is 2.10 bits per heavy atom. The predicted molar refractivity (Wildman–Crippen MR) is 46.1 cm³/mol. The number of hydrogen-bond donors (Lipinski definition) is 1. The molecule has 2 nitrogen and oxygen atoms in total. The van der Waals surface area contributed by atoms with Crippen molar-refractivity contribution in [2.24, 2.45) is 0 Å². The number of nitrogens with one attached hydrogen (secondary N) is 1. The van der Waals surface area contributed by atoms with Gasteiger partial charge in [0.25, 0.3) is 0 Å². The molecule has 0 heterocycles. The van der Waals surface area contributed by atoms with Crippen LogP contribution in [0.25, 0.3) is 0 Å². The van der Waals surface area contributed by atoms with Crippen molar-refractivity contribution >= 4 is 21.6 Å². The highest BCUT2D eigenvalue weighted by molar-refractivity contribution is 9.08. The van der Waals surface area contributed by atoms with Crippen molar-refractivity contribution < 1.29 is 0 Å². The van der Waals surface area contributed by atoms with Crippen LogP contribution < -0.4 is 5.48 Å². The van der Waals surface area contributed by atoms with Gasteiger partial charge < -0.3 is 10.7 Å². The van der Waals surface area contributed by atoms with Gasteiger partial charge in [0.2, 0.25) is 0 Å². The molecule has 3 heteroatoms. The molecule has 0 fully saturated rings. The van der Waals surface area contributed by atoms with Crippen molar-refractivity contribution in [2.45, 2.75) is 5.33 Å². The Bertz CT molecular complexity index is 192. The zero-order chi connectivity index (χ0) is 7.40. The first-order valence-corrected chi connectivity index (χ1v) is 4.02. The lowest BCUT2D eigenvalue weighted by Gasteiger charge is -2.12. The molecule has 0 spiro atoms. The second-order valence-corrected chi connectivity index (χ2v) is 2.45. The van der Waals surface area contributed by atoms with Crippen LogP contribution in [-0.2, 0) is 5.33 Å². The number of rotatable bonds is 2. The lowest BCUT2D eigenvalue weighted by Crippen LogP contribution is -1.89. The van der Waals surface area contributed by atoms with Crippen LogP contribution in [0.3, 0.4) is 0 Å². The van der Waals surface area contributed by atoms with Gasteiger partial charge in [-0.15, -0.1) is 0 Å². The molecule has 0 atom stereocenters. The van der Waals surface area contributed by atoms with E-state index in [1.165, 1.54) is 0 Å². The number of benzene rings is 1. The number of anilines is 1. The van der Waals surface area contributed by atoms with E-state index in [2.05, 4.69) is 15.9 Å². The van der Waals surface area contributed by atoms with Gasteiger partial charge in [-0.2, -0.15) is 0 Å². The summed E-state index contributed by atoms with van der Waals surface area (Å²) in [7, 11) is 0. The molecule has 1 aromatic rings. The summed E-state index contributed by atoms with van der Waals surface area (Å²) in [6.45, 7) is 0. The maximum atomic E-state index is 10.2. The first-order valence-electron chi connectivity index (χ1n) is 2.90. The second-order valence-electron chi connectivity index (χ2n) is 1.89. The molecule has 0 unspecified atom stereocenters. The third-order valence-corrected chi connectivity index (χ3v) is 1.88. The largest absolute Gasteiger partial charge is 0.761 e. The number of halogens is 1. The molecule has 1 aromatic carbocycles. The summed E-state index contributed by atoms with van der Waals surface area (Å²) in [6.07, 6.45) is 0. The van der Waals surface area contributed by atoms with E-state index >= 15 is 0 Å². The van der Waals surface area contributed by atoms with Crippen LogP contribution in [0.5, 0.6) is 0 Å². The summed E-state index contributed by atoms with van der Waals surface area (Å²) in [6, 6.07) is 7.38. The minimum atomic E-state index is 0.638. The average molecular weight is 201 g/mol. The molecule has 0 amide bonds. The second kappa shape index (κ2) is 3.58. The van der Waals surface area contributed by atoms with Crippen molar-refractivity contribution in [3.05, 3.63) is 35.0 Å². The minimum Gasteiger partial charge on any atom is -0.761 e. The van der Waals surface area contributed by atoms with Crippen LogP contribution in [0.15, 0.2) is 24.3 Å². The van der Waals surface area contributed by atoms with Gasteiger partial charge in [0.1, 0.15) is 0 Å². The van der Waals surface area contributed by atoms with Crippen LogP contribution in [0.4, 0.5) is 5.69 Å². The zero-order valence-electron chi connectivity index (χ0n) is 5.30. The van der Waals surface area contributed by atoms with E-state index in [0.29, 0.717) is 11.0 Å². The van der Waals surface area contributed by atoms with E-state index in [-0.39, 0.29) is 0 Å². The van der Waals surface area contributed by atoms with Crippen molar-refractivity contribution in [3.8, 4) is 0 Å². The number of alkyl halides is 1. The fraction of sp³-hybridized carbons (Fsp3) is 0.143. The standard InChI is InChI=1S/C7H7BrNO/c8-5-6-3-1-2-4-7(6)9-10/h1-4,9H,5H2/q-1. The van der Waals surface area contributed by atoms with E-state index in [1.54, 1.807) is 6.07 Å². The maximum Gasteiger partial charge on any atom is 0.0303 e. The molecule has 0 aliphatic heterocycles. The summed E-state index contributed by atoms with van der Waals surface area (Å²) in [5.41, 5.74) is 3.49. The molecule has 0 aromatic heterocycles.